The van der Waals surface area contributed by atoms with E-state index in [-0.39, 0.29) is 12.3 Å². The summed E-state index contributed by atoms with van der Waals surface area (Å²) >= 11 is 0. The average molecular weight is 535 g/mol. The molecule has 38 heavy (non-hydrogen) atoms. The van der Waals surface area contributed by atoms with Crippen molar-refractivity contribution in [2.45, 2.75) is 64.0 Å². The van der Waals surface area contributed by atoms with Crippen LogP contribution in [0.1, 0.15) is 59.3 Å². The fourth-order valence-electron chi connectivity index (χ4n) is 3.98. The van der Waals surface area contributed by atoms with Gasteiger partial charge in [0.2, 0.25) is 5.89 Å². The van der Waals surface area contributed by atoms with Crippen LogP contribution in [0, 0.1) is 6.92 Å². The quantitative estimate of drug-likeness (QED) is 0.355. The van der Waals surface area contributed by atoms with Gasteiger partial charge in [0.05, 0.1) is 6.42 Å². The maximum atomic E-state index is 11.3. The predicted octanol–water partition coefficient (Wildman–Crippen LogP) is 4.74. The third-order valence-electron chi connectivity index (χ3n) is 5.93. The van der Waals surface area contributed by atoms with Crippen LogP contribution in [0.4, 0.5) is 19.0 Å². The van der Waals surface area contributed by atoms with Gasteiger partial charge in [-0.15, -0.1) is 0 Å². The van der Waals surface area contributed by atoms with Crippen LogP contribution in [0.3, 0.4) is 0 Å². The second-order valence-corrected chi connectivity index (χ2v) is 9.01. The first-order valence-electron chi connectivity index (χ1n) is 12.1. The summed E-state index contributed by atoms with van der Waals surface area (Å²) in [5.41, 5.74) is 4.47. The third kappa shape index (κ3) is 8.86. The largest absolute Gasteiger partial charge is 0.490 e. The fourth-order valence-corrected chi connectivity index (χ4v) is 3.98. The molecule has 3 heterocycles. The van der Waals surface area contributed by atoms with E-state index in [2.05, 4.69) is 27.6 Å². The van der Waals surface area contributed by atoms with Gasteiger partial charge in [-0.05, 0) is 49.8 Å². The van der Waals surface area contributed by atoms with Crippen molar-refractivity contribution in [2.75, 3.05) is 11.9 Å². The number of carboxylic acids is 2. The number of halogens is 3. The first-order valence-corrected chi connectivity index (χ1v) is 12.1. The Balaban J connectivity index is 0.000000505. The number of fused-ring (bicyclic) bond motifs is 1. The van der Waals surface area contributed by atoms with Crippen LogP contribution in [-0.2, 0) is 35.3 Å². The van der Waals surface area contributed by atoms with Crippen LogP contribution in [0.15, 0.2) is 40.9 Å². The third-order valence-corrected chi connectivity index (χ3v) is 5.93. The lowest BCUT2D eigenvalue weighted by Crippen LogP contribution is -2.21. The molecule has 0 radical (unpaired) electrons. The second kappa shape index (κ2) is 13.0. The molecule has 9 nitrogen and oxygen atoms in total. The Kier molecular flexibility index (Phi) is 9.80. The molecule has 0 spiro atoms. The number of nitrogens with zero attached hydrogens (tertiary/aromatic N) is 3. The molecule has 12 heteroatoms. The van der Waals surface area contributed by atoms with Crippen LogP contribution in [-0.4, -0.2) is 50.0 Å². The van der Waals surface area contributed by atoms with Crippen molar-refractivity contribution >= 4 is 17.8 Å². The van der Waals surface area contributed by atoms with Gasteiger partial charge in [-0.1, -0.05) is 41.1 Å². The summed E-state index contributed by atoms with van der Waals surface area (Å²) in [6, 6.07) is 12.2. The maximum absolute atomic E-state index is 11.3. The van der Waals surface area contributed by atoms with E-state index in [1.165, 1.54) is 5.56 Å². The van der Waals surface area contributed by atoms with E-state index in [9.17, 15) is 23.1 Å². The molecule has 4 rings (SSSR count). The number of benzene rings is 1. The molecule has 0 saturated carbocycles. The zero-order chi connectivity index (χ0) is 27.7. The molecule has 0 bridgehead atoms. The van der Waals surface area contributed by atoms with E-state index in [4.69, 9.17) is 19.4 Å². The number of aryl methyl sites for hydroxylation is 4. The average Bonchev–Trinajstić information content (AvgIpc) is 3.30. The van der Waals surface area contributed by atoms with E-state index in [1.54, 1.807) is 0 Å². The zero-order valence-corrected chi connectivity index (χ0v) is 20.8. The fraction of sp³-hybridized carbons (Fsp3) is 0.423. The SMILES string of the molecule is Cc1ccc(C(CC(=O)O)Cc2nc(CCCc3ccc4c(n3)NCCC4)no2)cc1.O=C(O)C(F)(F)F. The van der Waals surface area contributed by atoms with Crippen molar-refractivity contribution in [1.82, 2.24) is 15.1 Å². The second-order valence-electron chi connectivity index (χ2n) is 9.01. The summed E-state index contributed by atoms with van der Waals surface area (Å²) in [5.74, 6) is -1.63. The summed E-state index contributed by atoms with van der Waals surface area (Å²) in [6.07, 6.45) is 0.0340. The van der Waals surface area contributed by atoms with E-state index in [0.717, 1.165) is 54.9 Å². The van der Waals surface area contributed by atoms with Crippen molar-refractivity contribution in [2.24, 2.45) is 0 Å². The van der Waals surface area contributed by atoms with Crippen LogP contribution >= 0.6 is 0 Å². The number of alkyl halides is 3. The number of nitrogens with one attached hydrogen (secondary N) is 1. The van der Waals surface area contributed by atoms with Gasteiger partial charge in [0.25, 0.3) is 0 Å². The Hall–Kier alpha value is -3.96. The molecule has 1 aliphatic rings. The van der Waals surface area contributed by atoms with Crippen molar-refractivity contribution in [1.29, 1.82) is 0 Å². The number of hydrogen-bond donors (Lipinski definition) is 3. The molecule has 0 amide bonds. The number of carboxylic acid groups (broad SMARTS) is 2. The number of rotatable bonds is 9. The number of pyridine rings is 1. The molecule has 1 aliphatic heterocycles. The van der Waals surface area contributed by atoms with Gasteiger partial charge in [0.15, 0.2) is 5.82 Å². The van der Waals surface area contributed by atoms with Gasteiger partial charge in [-0.25, -0.2) is 9.78 Å². The number of hydrogen-bond acceptors (Lipinski definition) is 7. The summed E-state index contributed by atoms with van der Waals surface area (Å²) in [5, 5.41) is 23.9. The van der Waals surface area contributed by atoms with Gasteiger partial charge in [0.1, 0.15) is 5.82 Å². The molecule has 0 aliphatic carbocycles. The lowest BCUT2D eigenvalue weighted by molar-refractivity contribution is -0.192. The molecule has 204 valence electrons. The number of aromatic nitrogens is 3. The molecule has 1 aromatic carbocycles. The topological polar surface area (TPSA) is 138 Å². The van der Waals surface area contributed by atoms with Crippen LogP contribution in [0.5, 0.6) is 0 Å². The zero-order valence-electron chi connectivity index (χ0n) is 20.8. The molecule has 0 fully saturated rings. The van der Waals surface area contributed by atoms with E-state index >= 15 is 0 Å². The van der Waals surface area contributed by atoms with Gasteiger partial charge in [-0.3, -0.25) is 4.79 Å². The Bertz CT molecular complexity index is 1230. The monoisotopic (exact) mass is 534 g/mol. The molecule has 1 atom stereocenters. The summed E-state index contributed by atoms with van der Waals surface area (Å²) in [7, 11) is 0. The minimum absolute atomic E-state index is 0.0266. The highest BCUT2D eigenvalue weighted by Crippen LogP contribution is 2.25. The lowest BCUT2D eigenvalue weighted by atomic mass is 9.92. The maximum Gasteiger partial charge on any atom is 0.490 e. The van der Waals surface area contributed by atoms with Crippen molar-refractivity contribution in [3.63, 3.8) is 0 Å². The van der Waals surface area contributed by atoms with Crippen molar-refractivity contribution in [3.05, 3.63) is 70.5 Å². The Morgan fingerprint density at radius 1 is 1.08 bits per heavy atom. The van der Waals surface area contributed by atoms with Crippen LogP contribution in [0.25, 0.3) is 0 Å². The highest BCUT2D eigenvalue weighted by molar-refractivity contribution is 5.73. The standard InChI is InChI=1S/C24H28N4O3.C2HF3O2/c1-16-7-9-17(10-8-16)19(15-23(29)30)14-22-27-21(28-31-22)6-2-5-20-12-11-18-4-3-13-25-24(18)26-20;3-2(4,5)1(6)7/h7-12,19H,2-6,13-15H2,1H3,(H,25,26)(H,29,30);(H,6,7). The molecular weight excluding hydrogens is 505 g/mol. The lowest BCUT2D eigenvalue weighted by Gasteiger charge is -2.17. The highest BCUT2D eigenvalue weighted by Gasteiger charge is 2.38. The minimum atomic E-state index is -5.08. The van der Waals surface area contributed by atoms with Crippen LogP contribution < -0.4 is 5.32 Å². The van der Waals surface area contributed by atoms with Crippen molar-refractivity contribution < 1.29 is 37.5 Å². The Labute approximate surface area is 217 Å². The molecule has 3 N–H and O–H groups in total. The number of carbonyl (C=O) groups is 2. The number of aliphatic carboxylic acids is 2. The summed E-state index contributed by atoms with van der Waals surface area (Å²) in [4.78, 5) is 29.5. The Morgan fingerprint density at radius 2 is 1.79 bits per heavy atom. The number of anilines is 1. The summed E-state index contributed by atoms with van der Waals surface area (Å²) in [6.45, 7) is 3.00. The normalized spacial score (nSPS) is 13.5. The first-order chi connectivity index (χ1) is 18.0. The van der Waals surface area contributed by atoms with Gasteiger partial charge < -0.3 is 20.1 Å². The van der Waals surface area contributed by atoms with Gasteiger partial charge >= 0.3 is 18.1 Å². The molecule has 3 aromatic rings. The van der Waals surface area contributed by atoms with Crippen molar-refractivity contribution in [3.8, 4) is 0 Å². The molecule has 1 unspecified atom stereocenters. The van der Waals surface area contributed by atoms with Gasteiger partial charge in [-0.2, -0.15) is 18.2 Å². The van der Waals surface area contributed by atoms with Gasteiger partial charge in [0, 0.05) is 31.0 Å². The van der Waals surface area contributed by atoms with E-state index in [1.807, 2.05) is 31.2 Å². The van der Waals surface area contributed by atoms with Crippen LogP contribution in [0.2, 0.25) is 0 Å². The predicted molar refractivity (Wildman–Crippen MR) is 131 cm³/mol. The smallest absolute Gasteiger partial charge is 0.481 e. The first kappa shape index (κ1) is 28.6. The molecule has 2 aromatic heterocycles. The highest BCUT2D eigenvalue weighted by atomic mass is 19.4. The van der Waals surface area contributed by atoms with E-state index in [0.29, 0.717) is 24.6 Å². The minimum Gasteiger partial charge on any atom is -0.481 e. The summed E-state index contributed by atoms with van der Waals surface area (Å²) < 4.78 is 37.2. The Morgan fingerprint density at radius 3 is 2.45 bits per heavy atom. The molecular formula is C26H29F3N4O5. The molecule has 0 saturated heterocycles. The van der Waals surface area contributed by atoms with E-state index < -0.39 is 18.1 Å².